The van der Waals surface area contributed by atoms with E-state index in [1.54, 1.807) is 19.5 Å². The van der Waals surface area contributed by atoms with Gasteiger partial charge in [-0.25, -0.2) is 9.97 Å². The lowest BCUT2D eigenvalue weighted by molar-refractivity contribution is 0.00447. The number of anilines is 1. The summed E-state index contributed by atoms with van der Waals surface area (Å²) in [5.74, 6) is 2.25. The Balaban J connectivity index is 1.57. The van der Waals surface area contributed by atoms with Crippen LogP contribution >= 0.6 is 0 Å². The molecule has 0 aliphatic carbocycles. The Morgan fingerprint density at radius 3 is 2.50 bits per heavy atom. The van der Waals surface area contributed by atoms with Crippen LogP contribution in [0.25, 0.3) is 0 Å². The van der Waals surface area contributed by atoms with Gasteiger partial charge >= 0.3 is 0 Å². The molecule has 2 aliphatic rings. The molecule has 0 amide bonds. The van der Waals surface area contributed by atoms with Crippen molar-refractivity contribution < 1.29 is 9.47 Å². The fraction of sp³-hybridized carbons (Fsp3) is 0.750. The van der Waals surface area contributed by atoms with Crippen molar-refractivity contribution in [2.24, 2.45) is 5.92 Å². The number of aromatic nitrogens is 2. The Bertz CT molecular complexity index is 471. The van der Waals surface area contributed by atoms with Gasteiger partial charge in [-0.2, -0.15) is 0 Å². The van der Waals surface area contributed by atoms with Crippen molar-refractivity contribution in [1.82, 2.24) is 14.9 Å². The van der Waals surface area contributed by atoms with Crippen LogP contribution in [0.1, 0.15) is 19.8 Å². The van der Waals surface area contributed by atoms with Crippen molar-refractivity contribution in [2.75, 3.05) is 51.4 Å². The van der Waals surface area contributed by atoms with E-state index in [1.165, 1.54) is 12.8 Å². The Kier molecular flexibility index (Phi) is 5.10. The molecule has 1 aromatic rings. The van der Waals surface area contributed by atoms with E-state index in [4.69, 9.17) is 9.47 Å². The molecular weight excluding hydrogens is 280 g/mol. The van der Waals surface area contributed by atoms with Gasteiger partial charge in [0, 0.05) is 44.6 Å². The molecule has 2 aliphatic heterocycles. The van der Waals surface area contributed by atoms with Crippen molar-refractivity contribution in [2.45, 2.75) is 25.8 Å². The van der Waals surface area contributed by atoms with Gasteiger partial charge < -0.3 is 14.4 Å². The summed E-state index contributed by atoms with van der Waals surface area (Å²) in [6, 6.07) is 0.634. The minimum absolute atomic E-state index is 0.627. The van der Waals surface area contributed by atoms with Gasteiger partial charge in [-0.05, 0) is 25.7 Å². The molecular formula is C16H26N4O2. The van der Waals surface area contributed by atoms with E-state index >= 15 is 0 Å². The van der Waals surface area contributed by atoms with Crippen molar-refractivity contribution in [3.63, 3.8) is 0 Å². The summed E-state index contributed by atoms with van der Waals surface area (Å²) in [5.41, 5.74) is 0. The quantitative estimate of drug-likeness (QED) is 0.838. The Hall–Kier alpha value is -1.40. The largest absolute Gasteiger partial charge is 0.478 e. The first-order chi connectivity index (χ1) is 10.8. The molecule has 3 heterocycles. The molecule has 2 fully saturated rings. The molecule has 0 saturated carbocycles. The molecule has 0 bridgehead atoms. The molecule has 0 N–H and O–H groups in total. The zero-order chi connectivity index (χ0) is 15.4. The molecule has 6 heteroatoms. The molecule has 0 spiro atoms. The van der Waals surface area contributed by atoms with Crippen molar-refractivity contribution in [1.29, 1.82) is 0 Å². The van der Waals surface area contributed by atoms with Gasteiger partial charge in [-0.3, -0.25) is 4.90 Å². The smallest absolute Gasteiger partial charge is 0.257 e. The first-order valence-corrected chi connectivity index (χ1v) is 8.21. The summed E-state index contributed by atoms with van der Waals surface area (Å²) < 4.78 is 10.8. The van der Waals surface area contributed by atoms with Gasteiger partial charge in [-0.15, -0.1) is 0 Å². The lowest BCUT2D eigenvalue weighted by atomic mass is 9.89. The van der Waals surface area contributed by atoms with Crippen LogP contribution in [0.2, 0.25) is 0 Å². The summed E-state index contributed by atoms with van der Waals surface area (Å²) in [5, 5.41) is 0. The minimum atomic E-state index is 0.627. The highest BCUT2D eigenvalue weighted by molar-refractivity contribution is 5.48. The number of methoxy groups -OCH3 is 1. The molecule has 0 aromatic carbocycles. The number of hydrogen-bond donors (Lipinski definition) is 0. The average molecular weight is 306 g/mol. The molecule has 6 nitrogen and oxygen atoms in total. The highest BCUT2D eigenvalue weighted by atomic mass is 16.5. The molecule has 1 atom stereocenters. The van der Waals surface area contributed by atoms with Gasteiger partial charge in [0.05, 0.1) is 20.3 Å². The summed E-state index contributed by atoms with van der Waals surface area (Å²) in [4.78, 5) is 13.6. The topological polar surface area (TPSA) is 50.7 Å². The predicted octanol–water partition coefficient (Wildman–Crippen LogP) is 1.42. The van der Waals surface area contributed by atoms with Gasteiger partial charge in [-0.1, -0.05) is 0 Å². The maximum atomic E-state index is 5.46. The predicted molar refractivity (Wildman–Crippen MR) is 85.4 cm³/mol. The zero-order valence-corrected chi connectivity index (χ0v) is 13.6. The third-order valence-corrected chi connectivity index (χ3v) is 4.98. The van der Waals surface area contributed by atoms with E-state index in [0.717, 1.165) is 51.1 Å². The van der Waals surface area contributed by atoms with Crippen LogP contribution < -0.4 is 9.64 Å². The number of rotatable bonds is 4. The highest BCUT2D eigenvalue weighted by Crippen LogP contribution is 2.30. The number of nitrogens with zero attached hydrogens (tertiary/aromatic N) is 4. The van der Waals surface area contributed by atoms with Crippen LogP contribution in [0.5, 0.6) is 5.88 Å². The van der Waals surface area contributed by atoms with Gasteiger partial charge in [0.1, 0.15) is 0 Å². The molecule has 2 saturated heterocycles. The van der Waals surface area contributed by atoms with E-state index in [0.29, 0.717) is 11.9 Å². The van der Waals surface area contributed by atoms with Crippen molar-refractivity contribution in [3.8, 4) is 5.88 Å². The summed E-state index contributed by atoms with van der Waals surface area (Å²) in [7, 11) is 1.65. The molecule has 122 valence electrons. The molecule has 3 rings (SSSR count). The highest BCUT2D eigenvalue weighted by Gasteiger charge is 2.29. The van der Waals surface area contributed by atoms with Crippen LogP contribution in [-0.2, 0) is 4.74 Å². The maximum absolute atomic E-state index is 5.46. The second kappa shape index (κ2) is 7.24. The minimum Gasteiger partial charge on any atom is -0.478 e. The fourth-order valence-electron chi connectivity index (χ4n) is 3.56. The molecule has 22 heavy (non-hydrogen) atoms. The number of ether oxygens (including phenoxy) is 2. The first kappa shape index (κ1) is 15.5. The third-order valence-electron chi connectivity index (χ3n) is 4.98. The van der Waals surface area contributed by atoms with E-state index < -0.39 is 0 Å². The number of piperidine rings is 1. The normalized spacial score (nSPS) is 22.5. The van der Waals surface area contributed by atoms with Crippen molar-refractivity contribution >= 4 is 5.82 Å². The van der Waals surface area contributed by atoms with Gasteiger partial charge in [0.25, 0.3) is 5.88 Å². The Morgan fingerprint density at radius 1 is 1.14 bits per heavy atom. The van der Waals surface area contributed by atoms with E-state index in [9.17, 15) is 0 Å². The summed E-state index contributed by atoms with van der Waals surface area (Å²) in [6.45, 7) is 8.30. The summed E-state index contributed by atoms with van der Waals surface area (Å²) >= 11 is 0. The van der Waals surface area contributed by atoms with Crippen LogP contribution in [0.15, 0.2) is 12.4 Å². The average Bonchev–Trinajstić information content (AvgIpc) is 2.62. The SMILES string of the molecule is COc1nccnc1N1CCC(C(C)N2CCOCC2)CC1. The lowest BCUT2D eigenvalue weighted by Gasteiger charge is -2.41. The molecule has 1 aromatic heterocycles. The van der Waals surface area contributed by atoms with E-state index in [1.807, 2.05) is 0 Å². The van der Waals surface area contributed by atoms with E-state index in [-0.39, 0.29) is 0 Å². The van der Waals surface area contributed by atoms with Gasteiger partial charge in [0.2, 0.25) is 0 Å². The van der Waals surface area contributed by atoms with Crippen LogP contribution in [-0.4, -0.2) is 67.4 Å². The number of morpholine rings is 1. The van der Waals surface area contributed by atoms with Crippen molar-refractivity contribution in [3.05, 3.63) is 12.4 Å². The Labute approximate surface area is 132 Å². The third kappa shape index (κ3) is 3.33. The summed E-state index contributed by atoms with van der Waals surface area (Å²) in [6.07, 6.45) is 5.80. The monoisotopic (exact) mass is 306 g/mol. The zero-order valence-electron chi connectivity index (χ0n) is 13.6. The van der Waals surface area contributed by atoms with Crippen LogP contribution in [0.3, 0.4) is 0 Å². The number of hydrogen-bond acceptors (Lipinski definition) is 6. The second-order valence-corrected chi connectivity index (χ2v) is 6.10. The second-order valence-electron chi connectivity index (χ2n) is 6.10. The van der Waals surface area contributed by atoms with E-state index in [2.05, 4.69) is 26.7 Å². The van der Waals surface area contributed by atoms with Crippen LogP contribution in [0, 0.1) is 5.92 Å². The first-order valence-electron chi connectivity index (χ1n) is 8.21. The van der Waals surface area contributed by atoms with Gasteiger partial charge in [0.15, 0.2) is 5.82 Å². The lowest BCUT2D eigenvalue weighted by Crippen LogP contribution is -2.48. The molecule has 0 radical (unpaired) electrons. The standard InChI is InChI=1S/C16H26N4O2/c1-13(19-9-11-22-12-10-19)14-3-7-20(8-4-14)15-16(21-2)18-6-5-17-15/h5-6,13-14H,3-4,7-12H2,1-2H3. The maximum Gasteiger partial charge on any atom is 0.257 e. The Morgan fingerprint density at radius 2 is 1.82 bits per heavy atom. The molecule has 1 unspecified atom stereocenters. The van der Waals surface area contributed by atoms with Crippen LogP contribution in [0.4, 0.5) is 5.82 Å². The fourth-order valence-corrected chi connectivity index (χ4v) is 3.56.